The maximum atomic E-state index is 12.6. The van der Waals surface area contributed by atoms with Crippen molar-refractivity contribution in [2.75, 3.05) is 37.9 Å². The number of hydrogen-bond donors (Lipinski definition) is 1. The molecule has 0 saturated carbocycles. The van der Waals surface area contributed by atoms with Crippen molar-refractivity contribution >= 4 is 33.2 Å². The van der Waals surface area contributed by atoms with Crippen LogP contribution in [0.3, 0.4) is 0 Å². The highest BCUT2D eigenvalue weighted by Gasteiger charge is 2.29. The van der Waals surface area contributed by atoms with Crippen LogP contribution in [0.2, 0.25) is 5.02 Å². The lowest BCUT2D eigenvalue weighted by Crippen LogP contribution is -2.48. The number of carbonyl (C=O) groups is 1. The SMILES string of the molecule is COc1ccc(N(C(C)C(=O)NCCOc2ccc(C)c(Cl)c2)S(C)(=O)=O)cc1OC. The van der Waals surface area contributed by atoms with E-state index in [2.05, 4.69) is 5.32 Å². The molecular weight excluding hydrogens is 444 g/mol. The Bertz CT molecular complexity index is 1030. The lowest BCUT2D eigenvalue weighted by atomic mass is 10.2. The van der Waals surface area contributed by atoms with Gasteiger partial charge in [0.1, 0.15) is 18.4 Å². The predicted molar refractivity (Wildman–Crippen MR) is 121 cm³/mol. The first-order valence-electron chi connectivity index (χ1n) is 9.46. The van der Waals surface area contributed by atoms with Gasteiger partial charge in [0.25, 0.3) is 0 Å². The highest BCUT2D eigenvalue weighted by Crippen LogP contribution is 2.33. The van der Waals surface area contributed by atoms with Gasteiger partial charge in [0, 0.05) is 11.1 Å². The minimum absolute atomic E-state index is 0.193. The average molecular weight is 471 g/mol. The normalized spacial score (nSPS) is 12.1. The smallest absolute Gasteiger partial charge is 0.243 e. The van der Waals surface area contributed by atoms with E-state index >= 15 is 0 Å². The van der Waals surface area contributed by atoms with Crippen LogP contribution < -0.4 is 23.8 Å². The molecular formula is C21H27ClN2O6S. The molecule has 170 valence electrons. The summed E-state index contributed by atoms with van der Waals surface area (Å²) in [6, 6.07) is 8.97. The molecule has 2 aromatic carbocycles. The number of nitrogens with zero attached hydrogens (tertiary/aromatic N) is 1. The number of benzene rings is 2. The second kappa shape index (κ2) is 10.6. The molecule has 0 spiro atoms. The zero-order valence-corrected chi connectivity index (χ0v) is 19.7. The van der Waals surface area contributed by atoms with Crippen LogP contribution in [0, 0.1) is 6.92 Å². The van der Waals surface area contributed by atoms with E-state index in [1.807, 2.05) is 13.0 Å². The number of sulfonamides is 1. The first-order chi connectivity index (χ1) is 14.6. The number of halogens is 1. The summed E-state index contributed by atoms with van der Waals surface area (Å²) < 4.78 is 41.9. The number of aryl methyl sites for hydroxylation is 1. The Morgan fingerprint density at radius 1 is 1.13 bits per heavy atom. The van der Waals surface area contributed by atoms with Gasteiger partial charge >= 0.3 is 0 Å². The van der Waals surface area contributed by atoms with Crippen LogP contribution in [-0.4, -0.2) is 54.0 Å². The van der Waals surface area contributed by atoms with Crippen molar-refractivity contribution in [3.05, 3.63) is 47.0 Å². The van der Waals surface area contributed by atoms with Crippen molar-refractivity contribution in [1.82, 2.24) is 5.32 Å². The number of anilines is 1. The summed E-state index contributed by atoms with van der Waals surface area (Å²) in [6.07, 6.45) is 1.04. The molecule has 2 rings (SSSR count). The van der Waals surface area contributed by atoms with E-state index in [0.717, 1.165) is 16.1 Å². The molecule has 0 aliphatic carbocycles. The maximum Gasteiger partial charge on any atom is 0.243 e. The van der Waals surface area contributed by atoms with E-state index in [0.29, 0.717) is 22.3 Å². The molecule has 8 nitrogen and oxygen atoms in total. The van der Waals surface area contributed by atoms with Gasteiger partial charge in [-0.1, -0.05) is 17.7 Å². The third-order valence-corrected chi connectivity index (χ3v) is 6.17. The molecule has 10 heteroatoms. The van der Waals surface area contributed by atoms with Crippen LogP contribution in [-0.2, 0) is 14.8 Å². The van der Waals surface area contributed by atoms with Gasteiger partial charge in [0.05, 0.1) is 32.7 Å². The molecule has 1 atom stereocenters. The Kier molecular flexibility index (Phi) is 8.41. The fourth-order valence-corrected chi connectivity index (χ4v) is 4.26. The van der Waals surface area contributed by atoms with Crippen LogP contribution in [0.5, 0.6) is 17.2 Å². The van der Waals surface area contributed by atoms with E-state index in [9.17, 15) is 13.2 Å². The van der Waals surface area contributed by atoms with E-state index in [1.165, 1.54) is 27.2 Å². The van der Waals surface area contributed by atoms with Crippen molar-refractivity contribution < 1.29 is 27.4 Å². The second-order valence-electron chi connectivity index (χ2n) is 6.82. The molecule has 31 heavy (non-hydrogen) atoms. The molecule has 2 aromatic rings. The number of carbonyl (C=O) groups excluding carboxylic acids is 1. The largest absolute Gasteiger partial charge is 0.493 e. The average Bonchev–Trinajstić information content (AvgIpc) is 2.72. The Labute approximate surface area is 188 Å². The lowest BCUT2D eigenvalue weighted by molar-refractivity contribution is -0.121. The minimum atomic E-state index is -3.76. The first kappa shape index (κ1) is 24.6. The topological polar surface area (TPSA) is 94.2 Å². The molecule has 1 N–H and O–H groups in total. The van der Waals surface area contributed by atoms with Crippen LogP contribution in [0.1, 0.15) is 12.5 Å². The summed E-state index contributed by atoms with van der Waals surface area (Å²) in [5, 5.41) is 3.28. The minimum Gasteiger partial charge on any atom is -0.493 e. The summed E-state index contributed by atoms with van der Waals surface area (Å²) >= 11 is 6.07. The quantitative estimate of drug-likeness (QED) is 0.536. The molecule has 0 aromatic heterocycles. The molecule has 0 heterocycles. The van der Waals surface area contributed by atoms with E-state index in [4.69, 9.17) is 25.8 Å². The fraction of sp³-hybridized carbons (Fsp3) is 0.381. The summed E-state index contributed by atoms with van der Waals surface area (Å²) in [5.74, 6) is 0.920. The van der Waals surface area contributed by atoms with Gasteiger partial charge in [-0.15, -0.1) is 0 Å². The monoisotopic (exact) mass is 470 g/mol. The molecule has 0 aliphatic rings. The van der Waals surface area contributed by atoms with Gasteiger partial charge in [0.15, 0.2) is 11.5 Å². The van der Waals surface area contributed by atoms with Crippen molar-refractivity contribution in [2.45, 2.75) is 19.9 Å². The third-order valence-electron chi connectivity index (χ3n) is 4.52. The van der Waals surface area contributed by atoms with Gasteiger partial charge < -0.3 is 19.5 Å². The van der Waals surface area contributed by atoms with Crippen molar-refractivity contribution in [3.63, 3.8) is 0 Å². The summed E-state index contributed by atoms with van der Waals surface area (Å²) in [6.45, 7) is 3.79. The zero-order chi connectivity index (χ0) is 23.2. The first-order valence-corrected chi connectivity index (χ1v) is 11.7. The number of ether oxygens (including phenoxy) is 3. The van der Waals surface area contributed by atoms with Gasteiger partial charge in [0.2, 0.25) is 15.9 Å². The second-order valence-corrected chi connectivity index (χ2v) is 9.09. The van der Waals surface area contributed by atoms with Crippen LogP contribution in [0.15, 0.2) is 36.4 Å². The number of rotatable bonds is 10. The highest BCUT2D eigenvalue weighted by molar-refractivity contribution is 7.92. The molecule has 1 unspecified atom stereocenters. The van der Waals surface area contributed by atoms with E-state index < -0.39 is 22.0 Å². The molecule has 0 saturated heterocycles. The van der Waals surface area contributed by atoms with Crippen molar-refractivity contribution in [3.8, 4) is 17.2 Å². The van der Waals surface area contributed by atoms with Crippen molar-refractivity contribution in [1.29, 1.82) is 0 Å². The maximum absolute atomic E-state index is 12.6. The number of amides is 1. The lowest BCUT2D eigenvalue weighted by Gasteiger charge is -2.28. The van der Waals surface area contributed by atoms with Crippen LogP contribution in [0.25, 0.3) is 0 Å². The summed E-state index contributed by atoms with van der Waals surface area (Å²) in [5.41, 5.74) is 1.22. The Hall–Kier alpha value is -2.65. The van der Waals surface area contributed by atoms with Gasteiger partial charge in [-0.3, -0.25) is 9.10 Å². The molecule has 0 radical (unpaired) electrons. The molecule has 1 amide bonds. The fourth-order valence-electron chi connectivity index (χ4n) is 2.92. The van der Waals surface area contributed by atoms with Gasteiger partial charge in [-0.2, -0.15) is 0 Å². The number of methoxy groups -OCH3 is 2. The summed E-state index contributed by atoms with van der Waals surface area (Å²) in [7, 11) is -0.830. The van der Waals surface area contributed by atoms with Crippen molar-refractivity contribution in [2.24, 2.45) is 0 Å². The molecule has 0 bridgehead atoms. The molecule has 0 aliphatic heterocycles. The number of hydrogen-bond acceptors (Lipinski definition) is 6. The van der Waals surface area contributed by atoms with Gasteiger partial charge in [-0.05, 0) is 43.7 Å². The summed E-state index contributed by atoms with van der Waals surface area (Å²) in [4.78, 5) is 12.6. The zero-order valence-electron chi connectivity index (χ0n) is 18.1. The van der Waals surface area contributed by atoms with Crippen LogP contribution in [0.4, 0.5) is 5.69 Å². The van der Waals surface area contributed by atoms with Crippen LogP contribution >= 0.6 is 11.6 Å². The Morgan fingerprint density at radius 2 is 1.81 bits per heavy atom. The van der Waals surface area contributed by atoms with E-state index in [-0.39, 0.29) is 18.8 Å². The predicted octanol–water partition coefficient (Wildman–Crippen LogP) is 3.02. The Morgan fingerprint density at radius 3 is 2.39 bits per heavy atom. The highest BCUT2D eigenvalue weighted by atomic mass is 35.5. The Balaban J connectivity index is 2.06. The third kappa shape index (κ3) is 6.41. The molecule has 0 fully saturated rings. The standard InChI is InChI=1S/C21H27ClN2O6S/c1-14-6-8-17(13-18(14)22)30-11-10-23-21(25)15(2)24(31(5,26)27)16-7-9-19(28-3)20(12-16)29-4/h6-9,12-13,15H,10-11H2,1-5H3,(H,23,25). The van der Waals surface area contributed by atoms with E-state index in [1.54, 1.807) is 24.3 Å². The van der Waals surface area contributed by atoms with Gasteiger partial charge in [-0.25, -0.2) is 8.42 Å². The number of nitrogens with one attached hydrogen (secondary N) is 1.